The predicted molar refractivity (Wildman–Crippen MR) is 61.9 cm³/mol. The standard InChI is InChI=1S/C13H11F3N2/c14-10-3-1-2-8(4-10)13(18-17)9-5-11(15)7-12(16)6-9/h1-7,13,18H,17H2. The second kappa shape index (κ2) is 5.20. The molecule has 0 heterocycles. The lowest BCUT2D eigenvalue weighted by molar-refractivity contribution is 0.564. The van der Waals surface area contributed by atoms with Gasteiger partial charge in [0.1, 0.15) is 17.5 Å². The second-order valence-corrected chi connectivity index (χ2v) is 3.86. The highest BCUT2D eigenvalue weighted by atomic mass is 19.1. The van der Waals surface area contributed by atoms with Crippen molar-refractivity contribution in [1.82, 2.24) is 5.43 Å². The van der Waals surface area contributed by atoms with Gasteiger partial charge in [0.25, 0.3) is 0 Å². The van der Waals surface area contributed by atoms with Gasteiger partial charge in [0.15, 0.2) is 0 Å². The van der Waals surface area contributed by atoms with Crippen LogP contribution in [0, 0.1) is 17.5 Å². The van der Waals surface area contributed by atoms with Crippen molar-refractivity contribution in [3.63, 3.8) is 0 Å². The van der Waals surface area contributed by atoms with Gasteiger partial charge in [0.05, 0.1) is 6.04 Å². The van der Waals surface area contributed by atoms with Crippen molar-refractivity contribution in [3.8, 4) is 0 Å². The molecule has 0 saturated carbocycles. The average molecular weight is 252 g/mol. The van der Waals surface area contributed by atoms with Crippen LogP contribution < -0.4 is 11.3 Å². The summed E-state index contributed by atoms with van der Waals surface area (Å²) in [6.45, 7) is 0. The van der Waals surface area contributed by atoms with E-state index in [1.165, 1.54) is 18.2 Å². The lowest BCUT2D eigenvalue weighted by Gasteiger charge is -2.17. The summed E-state index contributed by atoms with van der Waals surface area (Å²) in [7, 11) is 0. The minimum atomic E-state index is -0.707. The summed E-state index contributed by atoms with van der Waals surface area (Å²) in [5.41, 5.74) is 3.20. The van der Waals surface area contributed by atoms with Gasteiger partial charge in [-0.3, -0.25) is 5.84 Å². The van der Waals surface area contributed by atoms with E-state index in [0.717, 1.165) is 18.2 Å². The monoisotopic (exact) mass is 252 g/mol. The maximum absolute atomic E-state index is 13.1. The van der Waals surface area contributed by atoms with E-state index >= 15 is 0 Å². The fourth-order valence-corrected chi connectivity index (χ4v) is 1.81. The van der Waals surface area contributed by atoms with Crippen molar-refractivity contribution in [2.75, 3.05) is 0 Å². The van der Waals surface area contributed by atoms with E-state index in [1.54, 1.807) is 6.07 Å². The van der Waals surface area contributed by atoms with Crippen molar-refractivity contribution in [1.29, 1.82) is 0 Å². The molecule has 94 valence electrons. The molecule has 0 radical (unpaired) electrons. The van der Waals surface area contributed by atoms with Crippen LogP contribution in [-0.4, -0.2) is 0 Å². The first-order valence-electron chi connectivity index (χ1n) is 5.28. The largest absolute Gasteiger partial charge is 0.271 e. The summed E-state index contributed by atoms with van der Waals surface area (Å²) >= 11 is 0. The van der Waals surface area contributed by atoms with Crippen LogP contribution in [0.4, 0.5) is 13.2 Å². The number of rotatable bonds is 3. The summed E-state index contributed by atoms with van der Waals surface area (Å²) < 4.78 is 39.4. The molecule has 0 bridgehead atoms. The lowest BCUT2D eigenvalue weighted by Crippen LogP contribution is -2.29. The van der Waals surface area contributed by atoms with Gasteiger partial charge in [-0.15, -0.1) is 0 Å². The van der Waals surface area contributed by atoms with Crippen LogP contribution in [0.2, 0.25) is 0 Å². The van der Waals surface area contributed by atoms with Gasteiger partial charge in [-0.1, -0.05) is 12.1 Å². The van der Waals surface area contributed by atoms with Crippen molar-refractivity contribution in [2.24, 2.45) is 5.84 Å². The van der Waals surface area contributed by atoms with Crippen LogP contribution in [0.5, 0.6) is 0 Å². The van der Waals surface area contributed by atoms with E-state index in [-0.39, 0.29) is 0 Å². The van der Waals surface area contributed by atoms with Gasteiger partial charge >= 0.3 is 0 Å². The number of hydrogen-bond donors (Lipinski definition) is 2. The van der Waals surface area contributed by atoms with Gasteiger partial charge in [-0.25, -0.2) is 18.6 Å². The summed E-state index contributed by atoms with van der Waals surface area (Å²) in [6, 6.07) is 8.06. The molecule has 0 saturated heterocycles. The molecule has 1 atom stereocenters. The molecule has 0 amide bonds. The summed E-state index contributed by atoms with van der Waals surface area (Å²) in [5, 5.41) is 0. The van der Waals surface area contributed by atoms with E-state index in [4.69, 9.17) is 5.84 Å². The Labute approximate surface area is 102 Å². The lowest BCUT2D eigenvalue weighted by atomic mass is 9.99. The predicted octanol–water partition coefficient (Wildman–Crippen LogP) is 2.66. The minimum Gasteiger partial charge on any atom is -0.271 e. The molecule has 0 spiro atoms. The molecule has 1 unspecified atom stereocenters. The van der Waals surface area contributed by atoms with E-state index < -0.39 is 23.5 Å². The van der Waals surface area contributed by atoms with Crippen LogP contribution in [0.25, 0.3) is 0 Å². The number of hydrazine groups is 1. The molecule has 0 aromatic heterocycles. The number of benzene rings is 2. The molecule has 0 aliphatic carbocycles. The summed E-state index contributed by atoms with van der Waals surface area (Å²) in [5.74, 6) is 3.52. The SMILES string of the molecule is NNC(c1cccc(F)c1)c1cc(F)cc(F)c1. The fraction of sp³-hybridized carbons (Fsp3) is 0.0769. The van der Waals surface area contributed by atoms with Gasteiger partial charge < -0.3 is 0 Å². The first-order valence-corrected chi connectivity index (χ1v) is 5.28. The van der Waals surface area contributed by atoms with E-state index in [2.05, 4.69) is 5.43 Å². The third kappa shape index (κ3) is 2.69. The molecule has 2 aromatic rings. The minimum absolute atomic E-state index is 0.292. The smallest absolute Gasteiger partial charge is 0.126 e. The highest BCUT2D eigenvalue weighted by Crippen LogP contribution is 2.23. The molecule has 18 heavy (non-hydrogen) atoms. The molecule has 2 rings (SSSR count). The maximum Gasteiger partial charge on any atom is 0.126 e. The molecule has 0 fully saturated rings. The average Bonchev–Trinajstić information content (AvgIpc) is 2.28. The zero-order valence-electron chi connectivity index (χ0n) is 9.33. The number of nitrogens with two attached hydrogens (primary N) is 1. The van der Waals surface area contributed by atoms with Crippen LogP contribution in [0.3, 0.4) is 0 Å². The molecule has 3 N–H and O–H groups in total. The molecule has 2 aromatic carbocycles. The molecular formula is C13H11F3N2. The molecule has 0 aliphatic heterocycles. The Hall–Kier alpha value is -1.85. The van der Waals surface area contributed by atoms with Crippen LogP contribution in [-0.2, 0) is 0 Å². The first-order chi connectivity index (χ1) is 8.60. The maximum atomic E-state index is 13.1. The van der Waals surface area contributed by atoms with Gasteiger partial charge in [-0.2, -0.15) is 0 Å². The van der Waals surface area contributed by atoms with Gasteiger partial charge in [0, 0.05) is 6.07 Å². The third-order valence-electron chi connectivity index (χ3n) is 2.57. The first kappa shape index (κ1) is 12.6. The zero-order valence-corrected chi connectivity index (χ0v) is 9.33. The van der Waals surface area contributed by atoms with E-state index in [1.807, 2.05) is 0 Å². The summed E-state index contributed by atoms with van der Waals surface area (Å²) in [4.78, 5) is 0. The quantitative estimate of drug-likeness (QED) is 0.651. The number of nitrogens with one attached hydrogen (secondary N) is 1. The Balaban J connectivity index is 2.45. The Morgan fingerprint density at radius 1 is 0.833 bits per heavy atom. The topological polar surface area (TPSA) is 38.0 Å². The second-order valence-electron chi connectivity index (χ2n) is 3.86. The van der Waals surface area contributed by atoms with Crippen molar-refractivity contribution in [3.05, 3.63) is 71.0 Å². The Bertz CT molecular complexity index is 537. The fourth-order valence-electron chi connectivity index (χ4n) is 1.81. The third-order valence-corrected chi connectivity index (χ3v) is 2.57. The van der Waals surface area contributed by atoms with E-state index in [0.29, 0.717) is 11.1 Å². The van der Waals surface area contributed by atoms with Crippen molar-refractivity contribution < 1.29 is 13.2 Å². The summed E-state index contributed by atoms with van der Waals surface area (Å²) in [6.07, 6.45) is 0. The van der Waals surface area contributed by atoms with Crippen molar-refractivity contribution >= 4 is 0 Å². The number of halogens is 3. The molecule has 5 heteroatoms. The van der Waals surface area contributed by atoms with E-state index in [9.17, 15) is 13.2 Å². The number of hydrogen-bond acceptors (Lipinski definition) is 2. The van der Waals surface area contributed by atoms with Crippen LogP contribution in [0.1, 0.15) is 17.2 Å². The van der Waals surface area contributed by atoms with Gasteiger partial charge in [0.2, 0.25) is 0 Å². The Morgan fingerprint density at radius 2 is 1.44 bits per heavy atom. The normalized spacial score (nSPS) is 12.4. The zero-order chi connectivity index (χ0) is 13.1. The molecular weight excluding hydrogens is 241 g/mol. The van der Waals surface area contributed by atoms with Crippen LogP contribution >= 0.6 is 0 Å². The molecule has 0 aliphatic rings. The van der Waals surface area contributed by atoms with Crippen LogP contribution in [0.15, 0.2) is 42.5 Å². The Kier molecular flexibility index (Phi) is 3.64. The highest BCUT2D eigenvalue weighted by Gasteiger charge is 2.15. The molecule has 2 nitrogen and oxygen atoms in total. The van der Waals surface area contributed by atoms with Crippen molar-refractivity contribution in [2.45, 2.75) is 6.04 Å². The van der Waals surface area contributed by atoms with Gasteiger partial charge in [-0.05, 0) is 35.4 Å². The Morgan fingerprint density at radius 3 is 2.00 bits per heavy atom. The highest BCUT2D eigenvalue weighted by molar-refractivity contribution is 5.32.